The first kappa shape index (κ1) is 11.9. The molecule has 0 spiro atoms. The lowest BCUT2D eigenvalue weighted by molar-refractivity contribution is -0.383. The van der Waals surface area contributed by atoms with Gasteiger partial charge in [0.2, 0.25) is 0 Å². The number of nitrogen functional groups attached to an aromatic ring is 1. The molecule has 2 rings (SSSR count). The average molecular weight is 247 g/mol. The number of aromatic nitrogens is 2. The number of benzene rings is 1. The fourth-order valence-electron chi connectivity index (χ4n) is 1.58. The van der Waals surface area contributed by atoms with E-state index >= 15 is 0 Å². The summed E-state index contributed by atoms with van der Waals surface area (Å²) < 4.78 is 1.71. The van der Waals surface area contributed by atoms with Crippen LogP contribution in [0.2, 0.25) is 0 Å². The second-order valence-corrected chi connectivity index (χ2v) is 3.87. The van der Waals surface area contributed by atoms with Gasteiger partial charge in [-0.1, -0.05) is 0 Å². The van der Waals surface area contributed by atoms with Crippen molar-refractivity contribution < 1.29 is 4.92 Å². The molecular formula is C11H13N5O2. The maximum absolute atomic E-state index is 10.6. The van der Waals surface area contributed by atoms with E-state index in [0.717, 1.165) is 11.4 Å². The van der Waals surface area contributed by atoms with Crippen molar-refractivity contribution >= 4 is 17.1 Å². The Kier molecular flexibility index (Phi) is 3.13. The smallest absolute Gasteiger partial charge is 0.292 e. The van der Waals surface area contributed by atoms with Crippen molar-refractivity contribution in [3.63, 3.8) is 0 Å². The number of hydrogen-bond acceptors (Lipinski definition) is 5. The first-order chi connectivity index (χ1) is 8.56. The van der Waals surface area contributed by atoms with Crippen LogP contribution in [0.5, 0.6) is 0 Å². The standard InChI is InChI=1S/C11H13N5O2/c1-15-5-4-9(14-15)7-13-8-2-3-11(16(17)18)10(12)6-8/h2-6,13H,7,12H2,1H3. The molecule has 0 saturated heterocycles. The van der Waals surface area contributed by atoms with Gasteiger partial charge in [-0.05, 0) is 18.2 Å². The Bertz CT molecular complexity index is 579. The summed E-state index contributed by atoms with van der Waals surface area (Å²) in [5.41, 5.74) is 7.26. The Morgan fingerprint density at radius 1 is 1.50 bits per heavy atom. The molecule has 0 aliphatic heterocycles. The average Bonchev–Trinajstić information content (AvgIpc) is 2.72. The van der Waals surface area contributed by atoms with E-state index in [1.54, 1.807) is 16.8 Å². The van der Waals surface area contributed by atoms with E-state index < -0.39 is 4.92 Å². The number of anilines is 2. The Morgan fingerprint density at radius 2 is 2.28 bits per heavy atom. The maximum atomic E-state index is 10.6. The van der Waals surface area contributed by atoms with Crippen molar-refractivity contribution in [3.8, 4) is 0 Å². The van der Waals surface area contributed by atoms with Gasteiger partial charge in [0.15, 0.2) is 0 Å². The van der Waals surface area contributed by atoms with Crippen LogP contribution in [0.15, 0.2) is 30.5 Å². The van der Waals surface area contributed by atoms with E-state index in [2.05, 4.69) is 10.4 Å². The van der Waals surface area contributed by atoms with E-state index in [4.69, 9.17) is 5.73 Å². The molecule has 0 aliphatic rings. The highest BCUT2D eigenvalue weighted by atomic mass is 16.6. The van der Waals surface area contributed by atoms with Crippen LogP contribution in [0.25, 0.3) is 0 Å². The fourth-order valence-corrected chi connectivity index (χ4v) is 1.58. The predicted molar refractivity (Wildman–Crippen MR) is 68.0 cm³/mol. The van der Waals surface area contributed by atoms with E-state index in [0.29, 0.717) is 6.54 Å². The third-order valence-electron chi connectivity index (χ3n) is 2.47. The molecule has 0 radical (unpaired) electrons. The Hall–Kier alpha value is -2.57. The van der Waals surface area contributed by atoms with Crippen molar-refractivity contribution in [3.05, 3.63) is 46.3 Å². The quantitative estimate of drug-likeness (QED) is 0.485. The van der Waals surface area contributed by atoms with E-state index in [1.807, 2.05) is 19.3 Å². The zero-order chi connectivity index (χ0) is 13.1. The normalized spacial score (nSPS) is 10.3. The van der Waals surface area contributed by atoms with Crippen molar-refractivity contribution in [1.29, 1.82) is 0 Å². The number of nitro benzene ring substituents is 1. The van der Waals surface area contributed by atoms with Gasteiger partial charge < -0.3 is 11.1 Å². The van der Waals surface area contributed by atoms with Gasteiger partial charge in [-0.2, -0.15) is 5.10 Å². The van der Waals surface area contributed by atoms with E-state index in [-0.39, 0.29) is 11.4 Å². The number of nitrogens with one attached hydrogen (secondary N) is 1. The Labute approximate surface area is 103 Å². The molecule has 2 aromatic rings. The third-order valence-corrected chi connectivity index (χ3v) is 2.47. The summed E-state index contributed by atoms with van der Waals surface area (Å²) in [5, 5.41) is 17.9. The zero-order valence-corrected chi connectivity index (χ0v) is 9.83. The minimum Gasteiger partial charge on any atom is -0.393 e. The molecule has 1 heterocycles. The molecule has 0 atom stereocenters. The molecule has 7 nitrogen and oxygen atoms in total. The number of rotatable bonds is 4. The maximum Gasteiger partial charge on any atom is 0.292 e. The van der Waals surface area contributed by atoms with Gasteiger partial charge in [-0.15, -0.1) is 0 Å². The van der Waals surface area contributed by atoms with E-state index in [1.165, 1.54) is 6.07 Å². The molecule has 0 saturated carbocycles. The molecule has 0 unspecified atom stereocenters. The van der Waals surface area contributed by atoms with Gasteiger partial charge in [0.25, 0.3) is 5.69 Å². The van der Waals surface area contributed by atoms with Crippen molar-refractivity contribution in [2.75, 3.05) is 11.1 Å². The minimum atomic E-state index is -0.502. The van der Waals surface area contributed by atoms with Crippen LogP contribution in [-0.4, -0.2) is 14.7 Å². The minimum absolute atomic E-state index is 0.0848. The molecule has 3 N–H and O–H groups in total. The molecule has 0 aliphatic carbocycles. The highest BCUT2D eigenvalue weighted by Gasteiger charge is 2.10. The molecule has 0 bridgehead atoms. The van der Waals surface area contributed by atoms with Gasteiger partial charge in [-0.3, -0.25) is 14.8 Å². The van der Waals surface area contributed by atoms with Crippen LogP contribution in [0.1, 0.15) is 5.69 Å². The molecule has 18 heavy (non-hydrogen) atoms. The van der Waals surface area contributed by atoms with Crippen LogP contribution in [-0.2, 0) is 13.6 Å². The van der Waals surface area contributed by atoms with Crippen LogP contribution in [0, 0.1) is 10.1 Å². The zero-order valence-electron chi connectivity index (χ0n) is 9.83. The first-order valence-electron chi connectivity index (χ1n) is 5.32. The second-order valence-electron chi connectivity index (χ2n) is 3.87. The summed E-state index contributed by atoms with van der Waals surface area (Å²) in [7, 11) is 1.84. The molecule has 1 aromatic carbocycles. The first-order valence-corrected chi connectivity index (χ1v) is 5.32. The fraction of sp³-hybridized carbons (Fsp3) is 0.182. The summed E-state index contributed by atoms with van der Waals surface area (Å²) >= 11 is 0. The topological polar surface area (TPSA) is 99.0 Å². The number of hydrogen-bond donors (Lipinski definition) is 2. The Balaban J connectivity index is 2.06. The largest absolute Gasteiger partial charge is 0.393 e. The summed E-state index contributed by atoms with van der Waals surface area (Å²) in [4.78, 5) is 10.1. The van der Waals surface area contributed by atoms with Crippen molar-refractivity contribution in [2.45, 2.75) is 6.54 Å². The molecule has 7 heteroatoms. The van der Waals surface area contributed by atoms with E-state index in [9.17, 15) is 10.1 Å². The van der Waals surface area contributed by atoms with Gasteiger partial charge in [0.05, 0.1) is 17.2 Å². The summed E-state index contributed by atoms with van der Waals surface area (Å²) in [6.45, 7) is 0.540. The molecular weight excluding hydrogens is 234 g/mol. The number of nitrogens with two attached hydrogens (primary N) is 1. The summed E-state index contributed by atoms with van der Waals surface area (Å²) in [6, 6.07) is 6.44. The number of nitrogens with zero attached hydrogens (tertiary/aromatic N) is 3. The lowest BCUT2D eigenvalue weighted by Gasteiger charge is -2.05. The van der Waals surface area contributed by atoms with Crippen LogP contribution in [0.4, 0.5) is 17.1 Å². The third kappa shape index (κ3) is 2.57. The molecule has 0 fully saturated rings. The van der Waals surface area contributed by atoms with Crippen molar-refractivity contribution in [2.24, 2.45) is 7.05 Å². The SMILES string of the molecule is Cn1ccc(CNc2ccc([N+](=O)[O-])c(N)c2)n1. The van der Waals surface area contributed by atoms with Crippen LogP contribution >= 0.6 is 0 Å². The Morgan fingerprint density at radius 3 is 2.83 bits per heavy atom. The lowest BCUT2D eigenvalue weighted by atomic mass is 10.2. The second kappa shape index (κ2) is 4.74. The van der Waals surface area contributed by atoms with Crippen molar-refractivity contribution in [1.82, 2.24) is 9.78 Å². The monoisotopic (exact) mass is 247 g/mol. The van der Waals surface area contributed by atoms with Crippen LogP contribution in [0.3, 0.4) is 0 Å². The predicted octanol–water partition coefficient (Wildman–Crippen LogP) is 1.52. The summed E-state index contributed by atoms with van der Waals surface area (Å²) in [6.07, 6.45) is 1.85. The van der Waals surface area contributed by atoms with Gasteiger partial charge in [0.1, 0.15) is 5.69 Å². The van der Waals surface area contributed by atoms with Gasteiger partial charge >= 0.3 is 0 Å². The highest BCUT2D eigenvalue weighted by molar-refractivity contribution is 5.65. The lowest BCUT2D eigenvalue weighted by Crippen LogP contribution is -2.02. The van der Waals surface area contributed by atoms with Crippen LogP contribution < -0.4 is 11.1 Å². The summed E-state index contributed by atoms with van der Waals surface area (Å²) in [5.74, 6) is 0. The molecule has 0 amide bonds. The molecule has 1 aromatic heterocycles. The number of nitro groups is 1. The van der Waals surface area contributed by atoms with Gasteiger partial charge in [-0.25, -0.2) is 0 Å². The van der Waals surface area contributed by atoms with Gasteiger partial charge in [0, 0.05) is 25.0 Å². The number of aryl methyl sites for hydroxylation is 1. The molecule has 94 valence electrons. The highest BCUT2D eigenvalue weighted by Crippen LogP contribution is 2.24.